The third-order valence-electron chi connectivity index (χ3n) is 5.54. The monoisotopic (exact) mass is 458 g/mol. The molecule has 9 heteroatoms. The molecule has 0 aliphatic carbocycles. The quantitative estimate of drug-likeness (QED) is 0.566. The number of nitrogens with two attached hydrogens (primary N) is 1. The van der Waals surface area contributed by atoms with Crippen LogP contribution in [0.3, 0.4) is 0 Å². The number of likely N-dealkylation sites (tertiary alicyclic amines) is 1. The van der Waals surface area contributed by atoms with E-state index in [4.69, 9.17) is 10.1 Å². The highest BCUT2D eigenvalue weighted by molar-refractivity contribution is 7.89. The van der Waals surface area contributed by atoms with Crippen LogP contribution in [-0.4, -0.2) is 43.8 Å². The number of primary sulfonamides is 1. The van der Waals surface area contributed by atoms with Crippen LogP contribution in [0.4, 0.5) is 0 Å². The van der Waals surface area contributed by atoms with Crippen molar-refractivity contribution in [3.63, 3.8) is 0 Å². The summed E-state index contributed by atoms with van der Waals surface area (Å²) in [6.07, 6.45) is 3.87. The number of benzene rings is 2. The van der Waals surface area contributed by atoms with Gasteiger partial charge in [0.2, 0.25) is 15.9 Å². The Morgan fingerprint density at radius 1 is 1.16 bits per heavy atom. The van der Waals surface area contributed by atoms with Gasteiger partial charge in [0, 0.05) is 6.54 Å². The van der Waals surface area contributed by atoms with Crippen molar-refractivity contribution in [3.05, 3.63) is 59.1 Å². The highest BCUT2D eigenvalue weighted by atomic mass is 32.2. The predicted molar refractivity (Wildman–Crippen MR) is 122 cm³/mol. The normalized spacial score (nSPS) is 17.6. The molecule has 3 N–H and O–H groups in total. The van der Waals surface area contributed by atoms with E-state index in [9.17, 15) is 13.2 Å². The van der Waals surface area contributed by atoms with Gasteiger partial charge in [-0.05, 0) is 55.6 Å². The summed E-state index contributed by atoms with van der Waals surface area (Å²) in [5.74, 6) is -0.00540. The summed E-state index contributed by atoms with van der Waals surface area (Å²) < 4.78 is 23.8. The smallest absolute Gasteiger partial charge is 0.238 e. The molecule has 1 fully saturated rings. The molecular formula is C22H26N4O3S2. The average Bonchev–Trinajstić information content (AvgIpc) is 3.18. The number of thiazole rings is 1. The highest BCUT2D eigenvalue weighted by Crippen LogP contribution is 2.35. The Labute approximate surface area is 186 Å². The third-order valence-corrected chi connectivity index (χ3v) is 7.61. The molecule has 0 bridgehead atoms. The van der Waals surface area contributed by atoms with Gasteiger partial charge in [-0.15, -0.1) is 11.3 Å². The van der Waals surface area contributed by atoms with Crippen LogP contribution in [0.25, 0.3) is 10.2 Å². The van der Waals surface area contributed by atoms with Gasteiger partial charge < -0.3 is 5.32 Å². The molecule has 1 aromatic heterocycles. The summed E-state index contributed by atoms with van der Waals surface area (Å²) in [4.78, 5) is 19.7. The lowest BCUT2D eigenvalue weighted by Gasteiger charge is -2.33. The van der Waals surface area contributed by atoms with Crippen molar-refractivity contribution in [1.29, 1.82) is 0 Å². The van der Waals surface area contributed by atoms with Crippen molar-refractivity contribution in [2.24, 2.45) is 5.14 Å². The SMILES string of the molecule is NS(=O)(=O)c1ccc(CCNC(=O)CN2CCCC[C@H]2c2nc3ccccc3s2)cc1. The minimum Gasteiger partial charge on any atom is -0.355 e. The van der Waals surface area contributed by atoms with Crippen molar-refractivity contribution in [3.8, 4) is 0 Å². The zero-order valence-corrected chi connectivity index (χ0v) is 18.8. The zero-order chi connectivity index (χ0) is 21.8. The van der Waals surface area contributed by atoms with Gasteiger partial charge in [0.25, 0.3) is 0 Å². The molecule has 1 saturated heterocycles. The van der Waals surface area contributed by atoms with E-state index in [-0.39, 0.29) is 16.8 Å². The van der Waals surface area contributed by atoms with E-state index in [1.807, 2.05) is 18.2 Å². The number of rotatable bonds is 7. The molecule has 1 aliphatic heterocycles. The van der Waals surface area contributed by atoms with Gasteiger partial charge in [-0.2, -0.15) is 0 Å². The van der Waals surface area contributed by atoms with Crippen LogP contribution in [-0.2, 0) is 21.2 Å². The van der Waals surface area contributed by atoms with Crippen LogP contribution in [0.15, 0.2) is 53.4 Å². The molecule has 2 heterocycles. The molecule has 1 aliphatic rings. The molecule has 0 radical (unpaired) electrons. The number of hydrogen-bond donors (Lipinski definition) is 2. The topological polar surface area (TPSA) is 105 Å². The second-order valence-corrected chi connectivity index (χ2v) is 10.4. The van der Waals surface area contributed by atoms with Gasteiger partial charge >= 0.3 is 0 Å². The Balaban J connectivity index is 1.32. The molecule has 0 saturated carbocycles. The molecule has 7 nitrogen and oxygen atoms in total. The maximum atomic E-state index is 12.6. The summed E-state index contributed by atoms with van der Waals surface area (Å²) in [5, 5.41) is 9.19. The summed E-state index contributed by atoms with van der Waals surface area (Å²) in [7, 11) is -3.69. The Morgan fingerprint density at radius 2 is 1.94 bits per heavy atom. The fourth-order valence-corrected chi connectivity index (χ4v) is 5.58. The van der Waals surface area contributed by atoms with Crippen LogP contribution in [0.5, 0.6) is 0 Å². The number of fused-ring (bicyclic) bond motifs is 1. The summed E-state index contributed by atoms with van der Waals surface area (Å²) in [5.41, 5.74) is 1.96. The number of sulfonamides is 1. The molecule has 164 valence electrons. The molecule has 1 amide bonds. The number of hydrogen-bond acceptors (Lipinski definition) is 6. The van der Waals surface area contributed by atoms with E-state index in [0.29, 0.717) is 19.5 Å². The van der Waals surface area contributed by atoms with Gasteiger partial charge in [-0.25, -0.2) is 18.5 Å². The highest BCUT2D eigenvalue weighted by Gasteiger charge is 2.28. The maximum absolute atomic E-state index is 12.6. The number of nitrogens with zero attached hydrogens (tertiary/aromatic N) is 2. The minimum atomic E-state index is -3.69. The van der Waals surface area contributed by atoms with E-state index >= 15 is 0 Å². The summed E-state index contributed by atoms with van der Waals surface area (Å²) in [6.45, 7) is 1.74. The summed E-state index contributed by atoms with van der Waals surface area (Å²) in [6, 6.07) is 14.8. The van der Waals surface area contributed by atoms with Gasteiger partial charge in [0.1, 0.15) is 5.01 Å². The molecule has 2 aromatic carbocycles. The summed E-state index contributed by atoms with van der Waals surface area (Å²) >= 11 is 1.72. The van der Waals surface area contributed by atoms with Crippen LogP contribution in [0.1, 0.15) is 35.9 Å². The van der Waals surface area contributed by atoms with E-state index in [0.717, 1.165) is 41.9 Å². The molecule has 31 heavy (non-hydrogen) atoms. The second kappa shape index (κ2) is 9.44. The van der Waals surface area contributed by atoms with E-state index in [1.165, 1.54) is 16.8 Å². The first kappa shape index (κ1) is 21.9. The first-order valence-corrected chi connectivity index (χ1v) is 12.7. The van der Waals surface area contributed by atoms with Crippen molar-refractivity contribution >= 4 is 37.5 Å². The first-order chi connectivity index (χ1) is 14.9. The van der Waals surface area contributed by atoms with Crippen molar-refractivity contribution < 1.29 is 13.2 Å². The number of aromatic nitrogens is 1. The lowest BCUT2D eigenvalue weighted by molar-refractivity contribution is -0.123. The van der Waals surface area contributed by atoms with Gasteiger partial charge in [0.05, 0.1) is 27.7 Å². The van der Waals surface area contributed by atoms with Gasteiger partial charge in [-0.1, -0.05) is 30.7 Å². The molecule has 4 rings (SSSR count). The van der Waals surface area contributed by atoms with E-state index < -0.39 is 10.0 Å². The standard InChI is InChI=1S/C22H26N4O3S2/c23-31(28,29)17-10-8-16(9-11-17)12-13-24-21(27)15-26-14-4-3-6-19(26)22-25-18-5-1-2-7-20(18)30-22/h1-2,5,7-11,19H,3-4,6,12-15H2,(H,24,27)(H2,23,28,29)/t19-/m0/s1. The van der Waals surface area contributed by atoms with Crippen LogP contribution in [0, 0.1) is 0 Å². The van der Waals surface area contributed by atoms with Crippen molar-refractivity contribution in [2.75, 3.05) is 19.6 Å². The number of amides is 1. The Hall–Kier alpha value is -2.33. The maximum Gasteiger partial charge on any atom is 0.238 e. The number of carbonyl (C=O) groups excluding carboxylic acids is 1. The van der Waals surface area contributed by atoms with Gasteiger partial charge in [0.15, 0.2) is 0 Å². The molecule has 0 spiro atoms. The number of para-hydroxylation sites is 1. The first-order valence-electron chi connectivity index (χ1n) is 10.4. The van der Waals surface area contributed by atoms with E-state index in [1.54, 1.807) is 23.5 Å². The lowest BCUT2D eigenvalue weighted by Crippen LogP contribution is -2.42. The minimum absolute atomic E-state index is 0.00540. The molecule has 1 atom stereocenters. The second-order valence-electron chi connectivity index (χ2n) is 7.79. The largest absolute Gasteiger partial charge is 0.355 e. The Bertz CT molecular complexity index is 1130. The fourth-order valence-electron chi connectivity index (χ4n) is 3.92. The van der Waals surface area contributed by atoms with Crippen LogP contribution >= 0.6 is 11.3 Å². The van der Waals surface area contributed by atoms with Crippen LogP contribution in [0.2, 0.25) is 0 Å². The predicted octanol–water partition coefficient (Wildman–Crippen LogP) is 2.83. The van der Waals surface area contributed by atoms with Gasteiger partial charge in [-0.3, -0.25) is 9.69 Å². The Morgan fingerprint density at radius 3 is 2.68 bits per heavy atom. The van der Waals surface area contributed by atoms with Crippen molar-refractivity contribution in [1.82, 2.24) is 15.2 Å². The molecule has 0 unspecified atom stereocenters. The molecular weight excluding hydrogens is 432 g/mol. The van der Waals surface area contributed by atoms with E-state index in [2.05, 4.69) is 16.3 Å². The van der Waals surface area contributed by atoms with Crippen molar-refractivity contribution in [2.45, 2.75) is 36.6 Å². The average molecular weight is 459 g/mol. The number of carbonyl (C=O) groups is 1. The fraction of sp³-hybridized carbons (Fsp3) is 0.364. The lowest BCUT2D eigenvalue weighted by atomic mass is 10.0. The van der Waals surface area contributed by atoms with Crippen LogP contribution < -0.4 is 10.5 Å². The Kier molecular flexibility index (Phi) is 6.66. The molecule has 3 aromatic rings. The number of nitrogens with one attached hydrogen (secondary N) is 1. The zero-order valence-electron chi connectivity index (χ0n) is 17.2. The third kappa shape index (κ3) is 5.48. The number of piperidine rings is 1.